The summed E-state index contributed by atoms with van der Waals surface area (Å²) in [5.74, 6) is -0.482. The van der Waals surface area contributed by atoms with Crippen LogP contribution in [-0.4, -0.2) is 50.9 Å². The number of rotatable bonds is 6. The SMILES string of the molecule is CNCCN(C)Cc1ccc2nc(-c3cc(=O)n4cc(F)ccc4n3)cn2c1. The molecule has 0 aliphatic heterocycles. The van der Waals surface area contributed by atoms with Crippen molar-refractivity contribution in [3.05, 3.63) is 70.7 Å². The molecule has 0 radical (unpaired) electrons. The van der Waals surface area contributed by atoms with E-state index >= 15 is 0 Å². The molecule has 7 nitrogen and oxygen atoms in total. The number of likely N-dealkylation sites (N-methyl/N-ethyl adjacent to an activating group) is 2. The Morgan fingerprint density at radius 1 is 1.07 bits per heavy atom. The fraction of sp³-hybridized carbons (Fsp3) is 0.250. The first-order valence-corrected chi connectivity index (χ1v) is 9.03. The zero-order valence-corrected chi connectivity index (χ0v) is 15.8. The van der Waals surface area contributed by atoms with Crippen molar-refractivity contribution in [1.29, 1.82) is 0 Å². The Hall–Kier alpha value is -3.10. The van der Waals surface area contributed by atoms with Gasteiger partial charge >= 0.3 is 0 Å². The van der Waals surface area contributed by atoms with Gasteiger partial charge in [0.1, 0.15) is 22.8 Å². The van der Waals surface area contributed by atoms with Crippen LogP contribution in [0.4, 0.5) is 4.39 Å². The smallest absolute Gasteiger partial charge is 0.258 e. The zero-order chi connectivity index (χ0) is 19.7. The van der Waals surface area contributed by atoms with Crippen LogP contribution in [0.25, 0.3) is 22.7 Å². The fourth-order valence-corrected chi connectivity index (χ4v) is 3.16. The van der Waals surface area contributed by atoms with E-state index in [2.05, 4.69) is 27.2 Å². The van der Waals surface area contributed by atoms with Crippen LogP contribution >= 0.6 is 0 Å². The van der Waals surface area contributed by atoms with Gasteiger partial charge in [-0.05, 0) is 37.9 Å². The van der Waals surface area contributed by atoms with Gasteiger partial charge < -0.3 is 14.6 Å². The Kier molecular flexibility index (Phi) is 4.89. The van der Waals surface area contributed by atoms with Gasteiger partial charge in [-0.15, -0.1) is 0 Å². The molecule has 0 spiro atoms. The lowest BCUT2D eigenvalue weighted by molar-refractivity contribution is 0.327. The minimum atomic E-state index is -0.482. The summed E-state index contributed by atoms with van der Waals surface area (Å²) < 4.78 is 16.5. The summed E-state index contributed by atoms with van der Waals surface area (Å²) in [4.78, 5) is 23.6. The molecule has 0 bridgehead atoms. The first kappa shape index (κ1) is 18.3. The van der Waals surface area contributed by atoms with Crippen molar-refractivity contribution in [3.8, 4) is 11.4 Å². The highest BCUT2D eigenvalue weighted by molar-refractivity contribution is 5.61. The van der Waals surface area contributed by atoms with Crippen LogP contribution in [0.3, 0.4) is 0 Å². The molecule has 144 valence electrons. The van der Waals surface area contributed by atoms with Crippen LogP contribution < -0.4 is 10.9 Å². The molecule has 0 saturated heterocycles. The van der Waals surface area contributed by atoms with E-state index in [0.717, 1.165) is 37.0 Å². The largest absolute Gasteiger partial charge is 0.318 e. The Labute approximate surface area is 161 Å². The standard InChI is InChI=1S/C20H21FN6O/c1-22-7-8-25(2)10-14-3-5-18-24-17(13-26(18)11-14)16-9-20(28)27-12-15(21)4-6-19(27)23-16/h3-6,9,11-13,22H,7-8,10H2,1-2H3. The number of nitrogens with one attached hydrogen (secondary N) is 1. The van der Waals surface area contributed by atoms with Gasteiger partial charge in [-0.1, -0.05) is 6.07 Å². The maximum Gasteiger partial charge on any atom is 0.258 e. The summed E-state index contributed by atoms with van der Waals surface area (Å²) in [6.45, 7) is 2.71. The van der Waals surface area contributed by atoms with E-state index in [4.69, 9.17) is 0 Å². The molecule has 0 amide bonds. The van der Waals surface area contributed by atoms with Crippen LogP contribution in [0.15, 0.2) is 53.7 Å². The minimum Gasteiger partial charge on any atom is -0.318 e. The van der Waals surface area contributed by atoms with Crippen LogP contribution in [0, 0.1) is 5.82 Å². The third-order valence-corrected chi connectivity index (χ3v) is 4.59. The number of halogens is 1. The van der Waals surface area contributed by atoms with Crippen LogP contribution in [0.2, 0.25) is 0 Å². The van der Waals surface area contributed by atoms with Crippen molar-refractivity contribution in [2.75, 3.05) is 27.2 Å². The van der Waals surface area contributed by atoms with E-state index in [1.54, 1.807) is 0 Å². The van der Waals surface area contributed by atoms with E-state index in [1.807, 2.05) is 36.0 Å². The maximum absolute atomic E-state index is 13.4. The average molecular weight is 380 g/mol. The Bertz CT molecular complexity index is 1200. The topological polar surface area (TPSA) is 66.9 Å². The van der Waals surface area contributed by atoms with Gasteiger partial charge in [-0.25, -0.2) is 14.4 Å². The number of hydrogen-bond donors (Lipinski definition) is 1. The summed E-state index contributed by atoms with van der Waals surface area (Å²) in [5, 5.41) is 3.14. The van der Waals surface area contributed by atoms with E-state index in [1.165, 1.54) is 22.6 Å². The molecule has 0 aromatic carbocycles. The molecule has 4 aromatic rings. The van der Waals surface area contributed by atoms with Gasteiger partial charge in [0.15, 0.2) is 0 Å². The average Bonchev–Trinajstić information content (AvgIpc) is 3.10. The van der Waals surface area contributed by atoms with Crippen LogP contribution in [-0.2, 0) is 6.54 Å². The third-order valence-electron chi connectivity index (χ3n) is 4.59. The Balaban J connectivity index is 1.67. The zero-order valence-electron chi connectivity index (χ0n) is 15.8. The summed E-state index contributed by atoms with van der Waals surface area (Å²) in [7, 11) is 4.02. The quantitative estimate of drug-likeness (QED) is 0.553. The number of aromatic nitrogens is 4. The van der Waals surface area contributed by atoms with Crippen molar-refractivity contribution in [2.24, 2.45) is 0 Å². The van der Waals surface area contributed by atoms with E-state index < -0.39 is 5.82 Å². The highest BCUT2D eigenvalue weighted by Gasteiger charge is 2.10. The predicted molar refractivity (Wildman–Crippen MR) is 106 cm³/mol. The molecule has 4 heterocycles. The lowest BCUT2D eigenvalue weighted by atomic mass is 10.2. The molecular formula is C20H21FN6O. The molecule has 0 aliphatic rings. The summed E-state index contributed by atoms with van der Waals surface area (Å²) in [6, 6.07) is 8.14. The monoisotopic (exact) mass is 380 g/mol. The van der Waals surface area contributed by atoms with Gasteiger partial charge in [0, 0.05) is 44.3 Å². The highest BCUT2D eigenvalue weighted by atomic mass is 19.1. The van der Waals surface area contributed by atoms with Crippen LogP contribution in [0.1, 0.15) is 5.56 Å². The van der Waals surface area contributed by atoms with Crippen molar-refractivity contribution >= 4 is 11.3 Å². The van der Waals surface area contributed by atoms with Gasteiger partial charge in [0.05, 0.1) is 5.69 Å². The van der Waals surface area contributed by atoms with Crippen LogP contribution in [0.5, 0.6) is 0 Å². The van der Waals surface area contributed by atoms with Crippen molar-refractivity contribution in [3.63, 3.8) is 0 Å². The molecule has 4 aromatic heterocycles. The molecule has 0 fully saturated rings. The molecule has 8 heteroatoms. The molecule has 0 unspecified atom stereocenters. The van der Waals surface area contributed by atoms with Gasteiger partial charge in [-0.2, -0.15) is 0 Å². The van der Waals surface area contributed by atoms with Gasteiger partial charge in [0.25, 0.3) is 5.56 Å². The van der Waals surface area contributed by atoms with Crippen molar-refractivity contribution in [2.45, 2.75) is 6.54 Å². The fourth-order valence-electron chi connectivity index (χ4n) is 3.16. The number of imidazole rings is 1. The number of hydrogen-bond acceptors (Lipinski definition) is 5. The number of nitrogens with zero attached hydrogens (tertiary/aromatic N) is 5. The Morgan fingerprint density at radius 2 is 1.86 bits per heavy atom. The molecule has 0 atom stereocenters. The second-order valence-electron chi connectivity index (χ2n) is 6.83. The first-order valence-electron chi connectivity index (χ1n) is 9.03. The van der Waals surface area contributed by atoms with Gasteiger partial charge in [-0.3, -0.25) is 9.20 Å². The molecular weight excluding hydrogens is 359 g/mol. The normalized spacial score (nSPS) is 11.7. The summed E-state index contributed by atoms with van der Waals surface area (Å²) >= 11 is 0. The molecule has 4 rings (SSSR count). The van der Waals surface area contributed by atoms with Gasteiger partial charge in [0.2, 0.25) is 0 Å². The molecule has 0 aliphatic carbocycles. The summed E-state index contributed by atoms with van der Waals surface area (Å²) in [5.41, 5.74) is 3.05. The van der Waals surface area contributed by atoms with E-state index in [-0.39, 0.29) is 5.56 Å². The second-order valence-corrected chi connectivity index (χ2v) is 6.83. The maximum atomic E-state index is 13.4. The molecule has 0 saturated carbocycles. The second kappa shape index (κ2) is 7.49. The molecule has 1 N–H and O–H groups in total. The molecule has 28 heavy (non-hydrogen) atoms. The minimum absolute atomic E-state index is 0.344. The number of fused-ring (bicyclic) bond motifs is 2. The predicted octanol–water partition coefficient (Wildman–Crippen LogP) is 1.80. The van der Waals surface area contributed by atoms with E-state index in [0.29, 0.717) is 17.0 Å². The number of pyridine rings is 2. The summed E-state index contributed by atoms with van der Waals surface area (Å²) in [6.07, 6.45) is 5.02. The highest BCUT2D eigenvalue weighted by Crippen LogP contribution is 2.18. The Morgan fingerprint density at radius 3 is 2.68 bits per heavy atom. The third kappa shape index (κ3) is 3.64. The van der Waals surface area contributed by atoms with Crippen molar-refractivity contribution in [1.82, 2.24) is 29.0 Å². The lowest BCUT2D eigenvalue weighted by Gasteiger charge is -2.16. The van der Waals surface area contributed by atoms with Crippen molar-refractivity contribution < 1.29 is 4.39 Å². The lowest BCUT2D eigenvalue weighted by Crippen LogP contribution is -2.27. The first-order chi connectivity index (χ1) is 13.5. The van der Waals surface area contributed by atoms with E-state index in [9.17, 15) is 9.18 Å².